The normalized spacial score (nSPS) is 13.9. The third-order valence-corrected chi connectivity index (χ3v) is 6.93. The predicted octanol–water partition coefficient (Wildman–Crippen LogP) is 3.54. The zero-order valence-corrected chi connectivity index (χ0v) is 23.2. The molecule has 1 amide bonds. The lowest BCUT2D eigenvalue weighted by molar-refractivity contribution is 0.102. The van der Waals surface area contributed by atoms with E-state index in [0.29, 0.717) is 39.9 Å². The Balaban J connectivity index is 1.39. The van der Waals surface area contributed by atoms with Gasteiger partial charge >= 0.3 is 0 Å². The van der Waals surface area contributed by atoms with Crippen LogP contribution in [0, 0.1) is 6.92 Å². The summed E-state index contributed by atoms with van der Waals surface area (Å²) in [6, 6.07) is 7.13. The van der Waals surface area contributed by atoms with Crippen molar-refractivity contribution in [3.8, 4) is 0 Å². The van der Waals surface area contributed by atoms with E-state index in [4.69, 9.17) is 14.2 Å². The van der Waals surface area contributed by atoms with Gasteiger partial charge in [0.1, 0.15) is 17.4 Å². The van der Waals surface area contributed by atoms with E-state index in [1.807, 2.05) is 37.9 Å². The van der Waals surface area contributed by atoms with Crippen LogP contribution in [0.3, 0.4) is 0 Å². The number of hydrogen-bond acceptors (Lipinski definition) is 11. The van der Waals surface area contributed by atoms with Crippen molar-refractivity contribution >= 4 is 45.8 Å². The largest absolute Gasteiger partial charge is 0.383 e. The number of nitrogens with zero attached hydrogens (tertiary/aromatic N) is 8. The molecule has 12 heteroatoms. The number of fused-ring (bicyclic) bond motifs is 1. The van der Waals surface area contributed by atoms with E-state index in [9.17, 15) is 4.79 Å². The summed E-state index contributed by atoms with van der Waals surface area (Å²) < 4.78 is 10.4. The van der Waals surface area contributed by atoms with E-state index in [1.54, 1.807) is 25.4 Å². The Labute approximate surface area is 232 Å². The minimum atomic E-state index is -0.307. The zero-order valence-electron chi connectivity index (χ0n) is 23.2. The molecule has 1 aliphatic heterocycles. The smallest absolute Gasteiger partial charge is 0.256 e. The number of aromatic nitrogens is 5. The Kier molecular flexibility index (Phi) is 7.99. The van der Waals surface area contributed by atoms with Gasteiger partial charge in [-0.3, -0.25) is 9.69 Å². The number of aryl methyl sites for hydroxylation is 1. The van der Waals surface area contributed by atoms with Gasteiger partial charge < -0.3 is 24.4 Å². The zero-order chi connectivity index (χ0) is 28.2. The Hall–Kier alpha value is -4.42. The van der Waals surface area contributed by atoms with E-state index >= 15 is 0 Å². The standard InChI is InChI=1S/C28H33N9O3/c1-18(2)23-15-24(34-40-23)32-27(38)20-7-6-19(3)22(14-20)35(4)26-25-21(30-17-31-26)16-29-28(33-25)37-10-8-36(9-11-37)12-13-39-5/h6-7,14-17H,1,8-13H2,2-5H3,(H,32,34,38). The number of carbonyl (C=O) groups is 1. The summed E-state index contributed by atoms with van der Waals surface area (Å²) >= 11 is 0. The summed E-state index contributed by atoms with van der Waals surface area (Å²) in [5, 5.41) is 6.68. The van der Waals surface area contributed by atoms with Gasteiger partial charge in [-0.25, -0.2) is 19.9 Å². The first-order valence-electron chi connectivity index (χ1n) is 13.1. The summed E-state index contributed by atoms with van der Waals surface area (Å²) in [5.74, 6) is 1.80. The molecule has 12 nitrogen and oxygen atoms in total. The fourth-order valence-corrected chi connectivity index (χ4v) is 4.57. The average molecular weight is 544 g/mol. The van der Waals surface area contributed by atoms with Crippen molar-refractivity contribution in [1.82, 2.24) is 30.0 Å². The second-order valence-electron chi connectivity index (χ2n) is 9.79. The maximum absolute atomic E-state index is 13.0. The minimum Gasteiger partial charge on any atom is -0.383 e. The molecule has 0 spiro atoms. The van der Waals surface area contributed by atoms with Crippen molar-refractivity contribution in [2.45, 2.75) is 13.8 Å². The first-order chi connectivity index (χ1) is 19.3. The molecule has 1 N–H and O–H groups in total. The average Bonchev–Trinajstić information content (AvgIpc) is 3.44. The van der Waals surface area contributed by atoms with E-state index in [0.717, 1.165) is 56.2 Å². The molecule has 4 aromatic rings. The number of piperazine rings is 1. The number of ether oxygens (including phenoxy) is 1. The number of rotatable bonds is 9. The fraction of sp³-hybridized carbons (Fsp3) is 0.357. The molecule has 0 saturated carbocycles. The summed E-state index contributed by atoms with van der Waals surface area (Å²) in [4.78, 5) is 37.9. The van der Waals surface area contributed by atoms with Crippen LogP contribution < -0.4 is 15.1 Å². The highest BCUT2D eigenvalue weighted by Gasteiger charge is 2.22. The number of hydrogen-bond donors (Lipinski definition) is 1. The lowest BCUT2D eigenvalue weighted by Gasteiger charge is -2.34. The van der Waals surface area contributed by atoms with Gasteiger partial charge in [0.2, 0.25) is 5.95 Å². The highest BCUT2D eigenvalue weighted by atomic mass is 16.5. The molecule has 1 fully saturated rings. The molecule has 0 atom stereocenters. The van der Waals surface area contributed by atoms with Gasteiger partial charge in [0, 0.05) is 64.2 Å². The summed E-state index contributed by atoms with van der Waals surface area (Å²) in [6.07, 6.45) is 3.24. The number of benzene rings is 1. The van der Waals surface area contributed by atoms with Crippen molar-refractivity contribution in [2.24, 2.45) is 0 Å². The molecular formula is C28H33N9O3. The molecule has 0 unspecified atom stereocenters. The number of amides is 1. The van der Waals surface area contributed by atoms with Crippen molar-refractivity contribution in [1.29, 1.82) is 0 Å². The van der Waals surface area contributed by atoms with Gasteiger partial charge in [-0.1, -0.05) is 17.8 Å². The van der Waals surface area contributed by atoms with E-state index < -0.39 is 0 Å². The van der Waals surface area contributed by atoms with Crippen molar-refractivity contribution < 1.29 is 14.1 Å². The second-order valence-corrected chi connectivity index (χ2v) is 9.79. The highest BCUT2D eigenvalue weighted by Crippen LogP contribution is 2.31. The fourth-order valence-electron chi connectivity index (χ4n) is 4.57. The Morgan fingerprint density at radius 1 is 1.18 bits per heavy atom. The third kappa shape index (κ3) is 5.77. The lowest BCUT2D eigenvalue weighted by atomic mass is 10.1. The second kappa shape index (κ2) is 11.8. The van der Waals surface area contributed by atoms with Crippen molar-refractivity contribution in [2.75, 3.05) is 68.6 Å². The van der Waals surface area contributed by atoms with Crippen LogP contribution in [0.25, 0.3) is 16.6 Å². The van der Waals surface area contributed by atoms with E-state index in [-0.39, 0.29) is 5.91 Å². The molecule has 1 saturated heterocycles. The van der Waals surface area contributed by atoms with Crippen LogP contribution in [-0.2, 0) is 4.74 Å². The Morgan fingerprint density at radius 2 is 1.98 bits per heavy atom. The molecule has 0 aliphatic carbocycles. The number of carbonyl (C=O) groups excluding carboxylic acids is 1. The van der Waals surface area contributed by atoms with Crippen LogP contribution >= 0.6 is 0 Å². The number of nitrogens with one attached hydrogen (secondary N) is 1. The first kappa shape index (κ1) is 27.2. The molecular weight excluding hydrogens is 510 g/mol. The SMILES string of the molecule is C=C(C)c1cc(NC(=O)c2ccc(C)c(N(C)c3ncnc4cnc(N5CCN(CCOC)CC5)nc34)c2)no1. The van der Waals surface area contributed by atoms with Gasteiger partial charge in [-0.15, -0.1) is 0 Å². The lowest BCUT2D eigenvalue weighted by Crippen LogP contribution is -2.47. The van der Waals surface area contributed by atoms with Gasteiger partial charge in [-0.2, -0.15) is 0 Å². The quantitative estimate of drug-likeness (QED) is 0.333. The molecule has 5 rings (SSSR count). The molecule has 3 aromatic heterocycles. The molecule has 208 valence electrons. The van der Waals surface area contributed by atoms with Crippen molar-refractivity contribution in [3.05, 3.63) is 60.3 Å². The van der Waals surface area contributed by atoms with Crippen LogP contribution in [0.5, 0.6) is 0 Å². The van der Waals surface area contributed by atoms with Crippen molar-refractivity contribution in [3.63, 3.8) is 0 Å². The van der Waals surface area contributed by atoms with Gasteiger partial charge in [0.25, 0.3) is 5.91 Å². The number of methoxy groups -OCH3 is 1. The van der Waals surface area contributed by atoms with Gasteiger partial charge in [-0.05, 0) is 37.1 Å². The topological polar surface area (TPSA) is 126 Å². The molecule has 0 bridgehead atoms. The predicted molar refractivity (Wildman–Crippen MR) is 154 cm³/mol. The summed E-state index contributed by atoms with van der Waals surface area (Å²) in [6.45, 7) is 12.7. The summed E-state index contributed by atoms with van der Waals surface area (Å²) in [7, 11) is 3.62. The highest BCUT2D eigenvalue weighted by molar-refractivity contribution is 6.04. The third-order valence-electron chi connectivity index (χ3n) is 6.93. The Bertz CT molecular complexity index is 1530. The van der Waals surface area contributed by atoms with Crippen LogP contribution in [0.1, 0.15) is 28.6 Å². The molecule has 1 aliphatic rings. The first-order valence-corrected chi connectivity index (χ1v) is 13.1. The number of allylic oxidation sites excluding steroid dienone is 1. The van der Waals surface area contributed by atoms with Crippen LogP contribution in [-0.4, -0.2) is 89.4 Å². The molecule has 40 heavy (non-hydrogen) atoms. The molecule has 1 aromatic carbocycles. The van der Waals surface area contributed by atoms with Crippen LogP contribution in [0.15, 0.2) is 47.9 Å². The van der Waals surface area contributed by atoms with E-state index in [1.165, 1.54) is 6.33 Å². The van der Waals surface area contributed by atoms with E-state index in [2.05, 4.69) is 41.8 Å². The Morgan fingerprint density at radius 3 is 2.70 bits per heavy atom. The maximum Gasteiger partial charge on any atom is 0.256 e. The van der Waals surface area contributed by atoms with Gasteiger partial charge in [0.05, 0.1) is 12.8 Å². The minimum absolute atomic E-state index is 0.307. The van der Waals surface area contributed by atoms with Crippen LogP contribution in [0.2, 0.25) is 0 Å². The maximum atomic E-state index is 13.0. The summed E-state index contributed by atoms with van der Waals surface area (Å²) in [5.41, 5.74) is 4.25. The van der Waals surface area contributed by atoms with Gasteiger partial charge in [0.15, 0.2) is 17.4 Å². The monoisotopic (exact) mass is 543 g/mol. The molecule has 4 heterocycles. The van der Waals surface area contributed by atoms with Crippen LogP contribution in [0.4, 0.5) is 23.3 Å². The molecule has 0 radical (unpaired) electrons. The number of anilines is 4.